The smallest absolute Gasteiger partial charge is 0.131 e. The molecule has 1 aromatic carbocycles. The molecule has 0 radical (unpaired) electrons. The van der Waals surface area contributed by atoms with Crippen LogP contribution >= 0.6 is 15.9 Å². The number of aldehydes is 1. The van der Waals surface area contributed by atoms with Crippen LogP contribution in [0.4, 0.5) is 0 Å². The van der Waals surface area contributed by atoms with Crippen molar-refractivity contribution in [3.63, 3.8) is 0 Å². The zero-order valence-corrected chi connectivity index (χ0v) is 7.87. The first-order valence-corrected chi connectivity index (χ1v) is 4.48. The Balaban J connectivity index is 2.49. The van der Waals surface area contributed by atoms with Crippen LogP contribution in [0.1, 0.15) is 11.5 Å². The number of benzene rings is 1. The molecule has 0 amide bonds. The second kappa shape index (κ2) is 2.90. The lowest BCUT2D eigenvalue weighted by Gasteiger charge is -1.98. The predicted octanol–water partition coefficient (Wildman–Crippen LogP) is 2.12. The molecule has 0 fully saturated rings. The molecule has 0 aromatic heterocycles. The summed E-state index contributed by atoms with van der Waals surface area (Å²) in [6.45, 7) is 0.481. The summed E-state index contributed by atoms with van der Waals surface area (Å²) < 4.78 is 6.29. The van der Waals surface area contributed by atoms with Crippen LogP contribution in [0, 0.1) is 0 Å². The largest absolute Gasteiger partial charge is 0.492 e. The lowest BCUT2D eigenvalue weighted by molar-refractivity contribution is -0.109. The van der Waals surface area contributed by atoms with Gasteiger partial charge in [-0.25, -0.2) is 0 Å². The van der Waals surface area contributed by atoms with Crippen LogP contribution in [0.15, 0.2) is 22.7 Å². The summed E-state index contributed by atoms with van der Waals surface area (Å²) in [5.41, 5.74) is 0.986. The van der Waals surface area contributed by atoms with Crippen molar-refractivity contribution >= 4 is 22.2 Å². The van der Waals surface area contributed by atoms with Gasteiger partial charge in [-0.15, -0.1) is 0 Å². The molecule has 1 aliphatic heterocycles. The summed E-state index contributed by atoms with van der Waals surface area (Å²) in [4.78, 5) is 10.6. The van der Waals surface area contributed by atoms with Gasteiger partial charge in [-0.3, -0.25) is 0 Å². The third-order valence-corrected chi connectivity index (χ3v) is 2.45. The van der Waals surface area contributed by atoms with Gasteiger partial charge in [0.05, 0.1) is 5.92 Å². The van der Waals surface area contributed by atoms with Crippen LogP contribution < -0.4 is 4.74 Å². The fourth-order valence-corrected chi connectivity index (χ4v) is 1.70. The van der Waals surface area contributed by atoms with E-state index >= 15 is 0 Å². The Labute approximate surface area is 78.7 Å². The summed E-state index contributed by atoms with van der Waals surface area (Å²) in [6, 6.07) is 5.72. The van der Waals surface area contributed by atoms with Gasteiger partial charge in [-0.05, 0) is 18.2 Å². The number of hydrogen-bond acceptors (Lipinski definition) is 2. The Bertz CT molecular complexity index is 322. The fourth-order valence-electron chi connectivity index (χ4n) is 1.32. The zero-order chi connectivity index (χ0) is 8.55. The zero-order valence-electron chi connectivity index (χ0n) is 6.29. The first kappa shape index (κ1) is 7.80. The number of ether oxygens (including phenoxy) is 1. The summed E-state index contributed by atoms with van der Waals surface area (Å²) in [7, 11) is 0. The summed E-state index contributed by atoms with van der Waals surface area (Å²) in [5.74, 6) is 0.743. The molecule has 62 valence electrons. The van der Waals surface area contributed by atoms with E-state index in [0.29, 0.717) is 6.61 Å². The molecule has 0 bridgehead atoms. The lowest BCUT2D eigenvalue weighted by Crippen LogP contribution is -2.00. The molecule has 2 nitrogen and oxygen atoms in total. The quantitative estimate of drug-likeness (QED) is 0.687. The van der Waals surface area contributed by atoms with Crippen LogP contribution in [0.3, 0.4) is 0 Å². The molecule has 2 rings (SSSR count). The minimum atomic E-state index is -0.0856. The lowest BCUT2D eigenvalue weighted by atomic mass is 10.0. The van der Waals surface area contributed by atoms with Gasteiger partial charge in [0.1, 0.15) is 18.6 Å². The molecule has 1 unspecified atom stereocenters. The van der Waals surface area contributed by atoms with E-state index in [4.69, 9.17) is 4.74 Å². The monoisotopic (exact) mass is 226 g/mol. The molecular weight excluding hydrogens is 220 g/mol. The van der Waals surface area contributed by atoms with Gasteiger partial charge in [-0.1, -0.05) is 15.9 Å². The highest BCUT2D eigenvalue weighted by Crippen LogP contribution is 2.34. The van der Waals surface area contributed by atoms with E-state index in [9.17, 15) is 4.79 Å². The van der Waals surface area contributed by atoms with E-state index in [1.54, 1.807) is 0 Å². The number of hydrogen-bond donors (Lipinski definition) is 0. The Morgan fingerprint density at radius 2 is 2.42 bits per heavy atom. The van der Waals surface area contributed by atoms with Gasteiger partial charge in [0.2, 0.25) is 0 Å². The van der Waals surface area contributed by atoms with E-state index in [1.165, 1.54) is 0 Å². The first-order chi connectivity index (χ1) is 5.81. The van der Waals surface area contributed by atoms with Crippen molar-refractivity contribution in [2.24, 2.45) is 0 Å². The Morgan fingerprint density at radius 3 is 3.17 bits per heavy atom. The molecule has 0 saturated carbocycles. The maximum Gasteiger partial charge on any atom is 0.131 e. The Kier molecular flexibility index (Phi) is 1.89. The molecule has 0 saturated heterocycles. The van der Waals surface area contributed by atoms with Gasteiger partial charge in [0, 0.05) is 10.0 Å². The third-order valence-electron chi connectivity index (χ3n) is 1.95. The number of fused-ring (bicyclic) bond motifs is 1. The van der Waals surface area contributed by atoms with Crippen LogP contribution in [0.2, 0.25) is 0 Å². The topological polar surface area (TPSA) is 26.3 Å². The van der Waals surface area contributed by atoms with Crippen molar-refractivity contribution in [1.29, 1.82) is 0 Å². The van der Waals surface area contributed by atoms with Crippen molar-refractivity contribution in [2.75, 3.05) is 6.61 Å². The molecule has 1 aromatic rings. The van der Waals surface area contributed by atoms with Crippen LogP contribution in [-0.2, 0) is 4.79 Å². The molecule has 0 spiro atoms. The minimum absolute atomic E-state index is 0.0856. The highest BCUT2D eigenvalue weighted by molar-refractivity contribution is 9.10. The second-order valence-electron chi connectivity index (χ2n) is 2.74. The normalized spacial score (nSPS) is 19.9. The molecule has 1 atom stereocenters. The van der Waals surface area contributed by atoms with Crippen molar-refractivity contribution in [3.05, 3.63) is 28.2 Å². The maximum atomic E-state index is 10.6. The first-order valence-electron chi connectivity index (χ1n) is 3.69. The molecule has 0 N–H and O–H groups in total. The van der Waals surface area contributed by atoms with Gasteiger partial charge >= 0.3 is 0 Å². The molecule has 12 heavy (non-hydrogen) atoms. The third kappa shape index (κ3) is 1.14. The standard InChI is InChI=1S/C9H7BrO2/c10-7-1-2-9-8(3-7)6(4-11)5-12-9/h1-4,6H,5H2. The Hall–Kier alpha value is -0.830. The van der Waals surface area contributed by atoms with E-state index in [1.807, 2.05) is 18.2 Å². The fraction of sp³-hybridized carbons (Fsp3) is 0.222. The average molecular weight is 227 g/mol. The SMILES string of the molecule is O=CC1COc2ccc(Br)cc21. The summed E-state index contributed by atoms with van der Waals surface area (Å²) in [6.07, 6.45) is 0.929. The molecule has 1 heterocycles. The number of halogens is 1. The number of rotatable bonds is 1. The molecule has 0 aliphatic carbocycles. The highest BCUT2D eigenvalue weighted by atomic mass is 79.9. The van der Waals surface area contributed by atoms with Crippen LogP contribution in [0.25, 0.3) is 0 Å². The van der Waals surface area contributed by atoms with E-state index < -0.39 is 0 Å². The molecule has 3 heteroatoms. The number of carbonyl (C=O) groups is 1. The van der Waals surface area contributed by atoms with Crippen molar-refractivity contribution in [2.45, 2.75) is 5.92 Å². The van der Waals surface area contributed by atoms with Gasteiger partial charge in [-0.2, -0.15) is 0 Å². The molecular formula is C9H7BrO2. The van der Waals surface area contributed by atoms with Crippen LogP contribution in [0.5, 0.6) is 5.75 Å². The van der Waals surface area contributed by atoms with Crippen LogP contribution in [-0.4, -0.2) is 12.9 Å². The maximum absolute atomic E-state index is 10.6. The van der Waals surface area contributed by atoms with Crippen molar-refractivity contribution < 1.29 is 9.53 Å². The minimum Gasteiger partial charge on any atom is -0.492 e. The van der Waals surface area contributed by atoms with Gasteiger partial charge in [0.25, 0.3) is 0 Å². The van der Waals surface area contributed by atoms with Gasteiger partial charge in [0.15, 0.2) is 0 Å². The van der Waals surface area contributed by atoms with E-state index in [-0.39, 0.29) is 5.92 Å². The number of carbonyl (C=O) groups excluding carboxylic acids is 1. The predicted molar refractivity (Wildman–Crippen MR) is 48.4 cm³/mol. The molecule has 1 aliphatic rings. The Morgan fingerprint density at radius 1 is 1.58 bits per heavy atom. The average Bonchev–Trinajstić information content (AvgIpc) is 2.46. The summed E-state index contributed by atoms with van der Waals surface area (Å²) in [5, 5.41) is 0. The van der Waals surface area contributed by atoms with Gasteiger partial charge < -0.3 is 9.53 Å². The van der Waals surface area contributed by atoms with Crippen molar-refractivity contribution in [3.8, 4) is 5.75 Å². The highest BCUT2D eigenvalue weighted by Gasteiger charge is 2.23. The van der Waals surface area contributed by atoms with Crippen molar-refractivity contribution in [1.82, 2.24) is 0 Å². The van der Waals surface area contributed by atoms with E-state index in [2.05, 4.69) is 15.9 Å². The second-order valence-corrected chi connectivity index (χ2v) is 3.65. The summed E-state index contributed by atoms with van der Waals surface area (Å²) >= 11 is 3.35. The van der Waals surface area contributed by atoms with E-state index in [0.717, 1.165) is 22.1 Å².